The summed E-state index contributed by atoms with van der Waals surface area (Å²) >= 11 is 5.17. The summed E-state index contributed by atoms with van der Waals surface area (Å²) in [5.74, 6) is -0.942. The first kappa shape index (κ1) is 9.64. The molecule has 0 aromatic heterocycles. The van der Waals surface area contributed by atoms with Crippen LogP contribution in [0.3, 0.4) is 0 Å². The van der Waals surface area contributed by atoms with E-state index in [4.69, 9.17) is 11.6 Å². The van der Waals surface area contributed by atoms with E-state index in [2.05, 4.69) is 4.74 Å². The molecule has 6 heteroatoms. The smallest absolute Gasteiger partial charge is 0.304 e. The summed E-state index contributed by atoms with van der Waals surface area (Å²) in [4.78, 5) is 10.3. The standard InChI is InChI=1S/C6H6ClF3O2/c1-2(11)12-6(7)4(9)3(8)5(6)10/h3-5H,1H3. The van der Waals surface area contributed by atoms with Gasteiger partial charge in [0.1, 0.15) is 0 Å². The Kier molecular flexibility index (Phi) is 2.25. The van der Waals surface area contributed by atoms with Gasteiger partial charge >= 0.3 is 5.97 Å². The molecule has 2 atom stereocenters. The van der Waals surface area contributed by atoms with Gasteiger partial charge in [-0.25, -0.2) is 13.2 Å². The van der Waals surface area contributed by atoms with E-state index in [1.54, 1.807) is 0 Å². The lowest BCUT2D eigenvalue weighted by molar-refractivity contribution is -0.200. The number of halogens is 4. The minimum atomic E-state index is -2.45. The second-order valence-electron chi connectivity index (χ2n) is 2.54. The highest BCUT2D eigenvalue weighted by Crippen LogP contribution is 2.46. The van der Waals surface area contributed by atoms with Crippen LogP contribution in [0.15, 0.2) is 0 Å². The van der Waals surface area contributed by atoms with Gasteiger partial charge in [-0.05, 0) is 0 Å². The largest absolute Gasteiger partial charge is 0.437 e. The van der Waals surface area contributed by atoms with Crippen LogP contribution in [-0.2, 0) is 9.53 Å². The van der Waals surface area contributed by atoms with E-state index in [0.717, 1.165) is 6.92 Å². The van der Waals surface area contributed by atoms with Crippen LogP contribution in [0.5, 0.6) is 0 Å². The van der Waals surface area contributed by atoms with E-state index < -0.39 is 29.5 Å². The SMILES string of the molecule is CC(=O)OC1(Cl)C(F)C(F)C1F. The molecule has 12 heavy (non-hydrogen) atoms. The third kappa shape index (κ3) is 1.16. The minimum Gasteiger partial charge on any atom is -0.437 e. The Morgan fingerprint density at radius 1 is 1.42 bits per heavy atom. The maximum absolute atomic E-state index is 12.5. The fourth-order valence-electron chi connectivity index (χ4n) is 0.949. The van der Waals surface area contributed by atoms with Gasteiger partial charge in [-0.1, -0.05) is 11.6 Å². The Bertz CT molecular complexity index is 201. The van der Waals surface area contributed by atoms with Crippen molar-refractivity contribution in [3.63, 3.8) is 0 Å². The van der Waals surface area contributed by atoms with Gasteiger partial charge in [0.25, 0.3) is 5.06 Å². The summed E-state index contributed by atoms with van der Waals surface area (Å²) in [6, 6.07) is 0. The molecular formula is C6H6ClF3O2. The molecule has 0 heterocycles. The van der Waals surface area contributed by atoms with Crippen molar-refractivity contribution < 1.29 is 22.7 Å². The lowest BCUT2D eigenvalue weighted by atomic mass is 9.87. The first-order valence-corrected chi connectivity index (χ1v) is 3.58. The first-order valence-electron chi connectivity index (χ1n) is 3.20. The second-order valence-corrected chi connectivity index (χ2v) is 3.13. The molecule has 1 saturated carbocycles. The van der Waals surface area contributed by atoms with Crippen LogP contribution in [0.2, 0.25) is 0 Å². The van der Waals surface area contributed by atoms with Crippen LogP contribution in [-0.4, -0.2) is 29.5 Å². The Morgan fingerprint density at radius 2 is 1.83 bits per heavy atom. The van der Waals surface area contributed by atoms with Gasteiger partial charge in [0, 0.05) is 6.92 Å². The summed E-state index contributed by atoms with van der Waals surface area (Å²) in [5, 5.41) is -2.45. The normalized spacial score (nSPS) is 46.6. The third-order valence-corrected chi connectivity index (χ3v) is 2.11. The Morgan fingerprint density at radius 3 is 2.17 bits per heavy atom. The van der Waals surface area contributed by atoms with Crippen LogP contribution in [0.4, 0.5) is 13.2 Å². The Balaban J connectivity index is 2.66. The maximum Gasteiger partial charge on any atom is 0.304 e. The number of rotatable bonds is 1. The lowest BCUT2D eigenvalue weighted by Crippen LogP contribution is -2.66. The molecule has 1 fully saturated rings. The van der Waals surface area contributed by atoms with Gasteiger partial charge in [0.2, 0.25) is 0 Å². The van der Waals surface area contributed by atoms with E-state index >= 15 is 0 Å². The number of hydrogen-bond acceptors (Lipinski definition) is 2. The highest BCUT2D eigenvalue weighted by Gasteiger charge is 2.67. The molecular weight excluding hydrogens is 197 g/mol. The van der Waals surface area contributed by atoms with Gasteiger partial charge in [0.15, 0.2) is 18.5 Å². The first-order chi connectivity index (χ1) is 5.39. The van der Waals surface area contributed by atoms with Crippen molar-refractivity contribution in [1.29, 1.82) is 0 Å². The topological polar surface area (TPSA) is 26.3 Å². The zero-order valence-electron chi connectivity index (χ0n) is 6.06. The molecule has 0 amide bonds. The van der Waals surface area contributed by atoms with Crippen molar-refractivity contribution in [2.24, 2.45) is 0 Å². The van der Waals surface area contributed by atoms with E-state index in [0.29, 0.717) is 0 Å². The molecule has 0 N–H and O–H groups in total. The zero-order valence-corrected chi connectivity index (χ0v) is 6.82. The highest BCUT2D eigenvalue weighted by atomic mass is 35.5. The van der Waals surface area contributed by atoms with Crippen molar-refractivity contribution in [1.82, 2.24) is 0 Å². The van der Waals surface area contributed by atoms with Crippen LogP contribution < -0.4 is 0 Å². The molecule has 0 aromatic rings. The molecule has 1 aliphatic carbocycles. The van der Waals surface area contributed by atoms with E-state index in [9.17, 15) is 18.0 Å². The Hall–Kier alpha value is -0.450. The van der Waals surface area contributed by atoms with E-state index in [1.807, 2.05) is 0 Å². The van der Waals surface area contributed by atoms with E-state index in [1.165, 1.54) is 0 Å². The average molecular weight is 203 g/mol. The predicted octanol–water partition coefficient (Wildman–Crippen LogP) is 1.51. The van der Waals surface area contributed by atoms with Crippen LogP contribution in [0.1, 0.15) is 6.92 Å². The quantitative estimate of drug-likeness (QED) is 0.476. The number of hydrogen-bond donors (Lipinski definition) is 0. The second kappa shape index (κ2) is 2.80. The van der Waals surface area contributed by atoms with Gasteiger partial charge in [0.05, 0.1) is 0 Å². The molecule has 2 unspecified atom stereocenters. The van der Waals surface area contributed by atoms with Crippen LogP contribution >= 0.6 is 11.6 Å². The van der Waals surface area contributed by atoms with Gasteiger partial charge in [-0.2, -0.15) is 0 Å². The zero-order chi connectivity index (χ0) is 9.52. The fraction of sp³-hybridized carbons (Fsp3) is 0.833. The Labute approximate surface area is 71.6 Å². The van der Waals surface area contributed by atoms with Crippen molar-refractivity contribution in [3.05, 3.63) is 0 Å². The summed E-state index contributed by atoms with van der Waals surface area (Å²) in [6.45, 7) is 0.940. The molecule has 70 valence electrons. The molecule has 0 spiro atoms. The van der Waals surface area contributed by atoms with Gasteiger partial charge in [-0.3, -0.25) is 4.79 Å². The lowest BCUT2D eigenvalue weighted by Gasteiger charge is -2.43. The van der Waals surface area contributed by atoms with Crippen molar-refractivity contribution in [2.45, 2.75) is 30.5 Å². The number of carbonyl (C=O) groups is 1. The number of alkyl halides is 4. The molecule has 0 radical (unpaired) electrons. The molecule has 1 aliphatic rings. The van der Waals surface area contributed by atoms with Gasteiger partial charge < -0.3 is 4.74 Å². The maximum atomic E-state index is 12.5. The minimum absolute atomic E-state index is 0.940. The van der Waals surface area contributed by atoms with E-state index in [-0.39, 0.29) is 0 Å². The number of carbonyl (C=O) groups excluding carboxylic acids is 1. The molecule has 0 aliphatic heterocycles. The van der Waals surface area contributed by atoms with Gasteiger partial charge in [-0.15, -0.1) is 0 Å². The van der Waals surface area contributed by atoms with Crippen LogP contribution in [0.25, 0.3) is 0 Å². The summed E-state index contributed by atoms with van der Waals surface area (Å²) in [7, 11) is 0. The van der Waals surface area contributed by atoms with Crippen molar-refractivity contribution in [2.75, 3.05) is 0 Å². The fourth-order valence-corrected chi connectivity index (χ4v) is 1.30. The molecule has 0 aromatic carbocycles. The predicted molar refractivity (Wildman–Crippen MR) is 35.0 cm³/mol. The van der Waals surface area contributed by atoms with Crippen molar-refractivity contribution >= 4 is 17.6 Å². The monoisotopic (exact) mass is 202 g/mol. The molecule has 1 rings (SSSR count). The summed E-state index contributed by atoms with van der Waals surface area (Å²) < 4.78 is 41.4. The molecule has 0 bridgehead atoms. The summed E-state index contributed by atoms with van der Waals surface area (Å²) in [6.07, 6.45) is -6.89. The average Bonchev–Trinajstić information content (AvgIpc) is 2.00. The number of ether oxygens (including phenoxy) is 1. The third-order valence-electron chi connectivity index (χ3n) is 1.61. The highest BCUT2D eigenvalue weighted by molar-refractivity contribution is 6.25. The summed E-state index contributed by atoms with van der Waals surface area (Å²) in [5.41, 5.74) is 0. The molecule has 2 nitrogen and oxygen atoms in total. The molecule has 0 saturated heterocycles. The van der Waals surface area contributed by atoms with Crippen molar-refractivity contribution in [3.8, 4) is 0 Å². The van der Waals surface area contributed by atoms with Crippen LogP contribution in [0, 0.1) is 0 Å². The number of esters is 1.